The van der Waals surface area contributed by atoms with Gasteiger partial charge in [0, 0.05) is 0 Å². The number of esters is 1. The highest BCUT2D eigenvalue weighted by Crippen LogP contribution is 2.15. The van der Waals surface area contributed by atoms with Crippen LogP contribution in [-0.4, -0.2) is 41.0 Å². The van der Waals surface area contributed by atoms with Crippen molar-refractivity contribution >= 4 is 12.0 Å². The van der Waals surface area contributed by atoms with Crippen molar-refractivity contribution in [3.63, 3.8) is 0 Å². The van der Waals surface area contributed by atoms with E-state index in [0.29, 0.717) is 0 Å². The number of hydrogen-bond acceptors (Lipinski definition) is 5. The van der Waals surface area contributed by atoms with Gasteiger partial charge in [-0.1, -0.05) is 60.7 Å². The Morgan fingerprint density at radius 3 is 2.27 bits per heavy atom. The van der Waals surface area contributed by atoms with Crippen molar-refractivity contribution in [1.29, 1.82) is 0 Å². The third-order valence-corrected chi connectivity index (χ3v) is 3.99. The zero-order chi connectivity index (χ0) is 18.4. The van der Waals surface area contributed by atoms with Crippen LogP contribution in [0.1, 0.15) is 11.1 Å². The molecule has 136 valence electrons. The van der Waals surface area contributed by atoms with Crippen LogP contribution in [0.4, 0.5) is 4.79 Å². The van der Waals surface area contributed by atoms with Crippen molar-refractivity contribution in [3.05, 3.63) is 71.8 Å². The standard InChI is InChI=1S/C19H20N2O5/c22-17(25-12-14-7-3-1-4-8-14)16-11-20-18(23)21(16)19(24)26-13-15-9-5-2-6-10-15/h1-10,16,19,24H,11-13H2,(H,20,23)/t16-,19?/m0/s1. The molecule has 1 aliphatic rings. The fourth-order valence-electron chi connectivity index (χ4n) is 2.62. The van der Waals surface area contributed by atoms with Crippen LogP contribution in [0.5, 0.6) is 0 Å². The molecule has 1 fully saturated rings. The molecule has 0 spiro atoms. The quantitative estimate of drug-likeness (QED) is 0.581. The Morgan fingerprint density at radius 2 is 1.65 bits per heavy atom. The molecule has 2 atom stereocenters. The SMILES string of the molecule is O=C(OCc1ccccc1)[C@@H]1CNC(=O)N1C(O)OCc1ccccc1. The van der Waals surface area contributed by atoms with Crippen molar-refractivity contribution in [1.82, 2.24) is 10.2 Å². The Labute approximate surface area is 151 Å². The van der Waals surface area contributed by atoms with Crippen molar-refractivity contribution in [3.8, 4) is 0 Å². The Bertz CT molecular complexity index is 738. The summed E-state index contributed by atoms with van der Waals surface area (Å²) in [6.07, 6.45) is -1.55. The van der Waals surface area contributed by atoms with Gasteiger partial charge in [0.05, 0.1) is 13.2 Å². The molecule has 1 saturated heterocycles. The topological polar surface area (TPSA) is 88.1 Å². The summed E-state index contributed by atoms with van der Waals surface area (Å²) >= 11 is 0. The Kier molecular flexibility index (Phi) is 5.83. The maximum atomic E-state index is 12.3. The normalized spacial score (nSPS) is 17.7. The zero-order valence-electron chi connectivity index (χ0n) is 14.1. The predicted octanol–water partition coefficient (Wildman–Crippen LogP) is 1.62. The second-order valence-electron chi connectivity index (χ2n) is 5.83. The third-order valence-electron chi connectivity index (χ3n) is 3.99. The minimum Gasteiger partial charge on any atom is -0.459 e. The molecule has 0 aliphatic carbocycles. The van der Waals surface area contributed by atoms with E-state index < -0.39 is 24.5 Å². The largest absolute Gasteiger partial charge is 0.459 e. The van der Waals surface area contributed by atoms with Crippen LogP contribution in [0.25, 0.3) is 0 Å². The van der Waals surface area contributed by atoms with E-state index in [2.05, 4.69) is 5.32 Å². The predicted molar refractivity (Wildman–Crippen MR) is 92.5 cm³/mol. The minimum absolute atomic E-state index is 0.0538. The first-order valence-corrected chi connectivity index (χ1v) is 8.25. The lowest BCUT2D eigenvalue weighted by atomic mass is 10.2. The van der Waals surface area contributed by atoms with Gasteiger partial charge in [-0.15, -0.1) is 0 Å². The summed E-state index contributed by atoms with van der Waals surface area (Å²) < 4.78 is 10.6. The molecule has 0 bridgehead atoms. The summed E-state index contributed by atoms with van der Waals surface area (Å²) in [6, 6.07) is 16.9. The average Bonchev–Trinajstić information content (AvgIpc) is 3.07. The fourth-order valence-corrected chi connectivity index (χ4v) is 2.62. The highest BCUT2D eigenvalue weighted by Gasteiger charge is 2.41. The van der Waals surface area contributed by atoms with E-state index in [4.69, 9.17) is 9.47 Å². The Balaban J connectivity index is 1.57. The number of hydrogen-bond donors (Lipinski definition) is 2. The van der Waals surface area contributed by atoms with Gasteiger partial charge in [0.25, 0.3) is 0 Å². The number of carbonyl (C=O) groups is 2. The van der Waals surface area contributed by atoms with E-state index in [9.17, 15) is 14.7 Å². The van der Waals surface area contributed by atoms with Gasteiger partial charge in [0.1, 0.15) is 6.61 Å². The first-order valence-electron chi connectivity index (χ1n) is 8.25. The molecule has 2 N–H and O–H groups in total. The molecule has 3 rings (SSSR count). The van der Waals surface area contributed by atoms with Crippen molar-refractivity contribution < 1.29 is 24.2 Å². The number of aliphatic hydroxyl groups is 1. The van der Waals surface area contributed by atoms with E-state index >= 15 is 0 Å². The van der Waals surface area contributed by atoms with Gasteiger partial charge < -0.3 is 19.9 Å². The number of aliphatic hydroxyl groups excluding tert-OH is 1. The average molecular weight is 356 g/mol. The van der Waals surface area contributed by atoms with Crippen LogP contribution >= 0.6 is 0 Å². The number of rotatable bonds is 7. The van der Waals surface area contributed by atoms with Crippen LogP contribution in [0.3, 0.4) is 0 Å². The highest BCUT2D eigenvalue weighted by atomic mass is 16.6. The summed E-state index contributed by atoms with van der Waals surface area (Å²) in [5.74, 6) is -0.602. The van der Waals surface area contributed by atoms with Gasteiger partial charge in [-0.05, 0) is 11.1 Å². The number of nitrogens with zero attached hydrogens (tertiary/aromatic N) is 1. The van der Waals surface area contributed by atoms with Crippen LogP contribution in [0, 0.1) is 0 Å². The van der Waals surface area contributed by atoms with Crippen molar-refractivity contribution in [2.45, 2.75) is 25.7 Å². The molecule has 7 heteroatoms. The van der Waals surface area contributed by atoms with Gasteiger partial charge in [0.2, 0.25) is 6.41 Å². The van der Waals surface area contributed by atoms with Gasteiger partial charge in [0.15, 0.2) is 6.04 Å². The van der Waals surface area contributed by atoms with Gasteiger partial charge in [-0.25, -0.2) is 9.59 Å². The number of amides is 2. The van der Waals surface area contributed by atoms with Crippen LogP contribution < -0.4 is 5.32 Å². The van der Waals surface area contributed by atoms with Gasteiger partial charge >= 0.3 is 12.0 Å². The molecule has 2 amide bonds. The Morgan fingerprint density at radius 1 is 1.08 bits per heavy atom. The maximum Gasteiger partial charge on any atom is 0.331 e. The smallest absolute Gasteiger partial charge is 0.331 e. The molecule has 0 radical (unpaired) electrons. The second kappa shape index (κ2) is 8.46. The number of nitrogens with one attached hydrogen (secondary N) is 1. The van der Waals surface area contributed by atoms with E-state index in [1.165, 1.54) is 0 Å². The number of urea groups is 1. The molecule has 1 unspecified atom stereocenters. The molecule has 1 heterocycles. The lowest BCUT2D eigenvalue weighted by Gasteiger charge is -2.26. The zero-order valence-corrected chi connectivity index (χ0v) is 14.1. The monoisotopic (exact) mass is 356 g/mol. The summed E-state index contributed by atoms with van der Waals surface area (Å²) in [5, 5.41) is 12.7. The molecule has 2 aromatic rings. The highest BCUT2D eigenvalue weighted by molar-refractivity contribution is 5.87. The molecule has 7 nitrogen and oxygen atoms in total. The van der Waals surface area contributed by atoms with Crippen LogP contribution in [0.2, 0.25) is 0 Å². The van der Waals surface area contributed by atoms with E-state index in [0.717, 1.165) is 16.0 Å². The fraction of sp³-hybridized carbons (Fsp3) is 0.263. The summed E-state index contributed by atoms with van der Waals surface area (Å²) in [5.41, 5.74) is 1.68. The lowest BCUT2D eigenvalue weighted by Crippen LogP contribution is -2.48. The molecule has 0 saturated carbocycles. The number of ether oxygens (including phenoxy) is 2. The maximum absolute atomic E-state index is 12.3. The lowest BCUT2D eigenvalue weighted by molar-refractivity contribution is -0.194. The number of carbonyl (C=O) groups excluding carboxylic acids is 2. The molecule has 1 aliphatic heterocycles. The summed E-state index contributed by atoms with van der Waals surface area (Å²) in [4.78, 5) is 25.3. The molecule has 2 aromatic carbocycles. The van der Waals surface area contributed by atoms with E-state index in [1.54, 1.807) is 0 Å². The van der Waals surface area contributed by atoms with Gasteiger partial charge in [-0.3, -0.25) is 4.90 Å². The molecule has 0 aromatic heterocycles. The molecular weight excluding hydrogens is 336 g/mol. The minimum atomic E-state index is -1.55. The van der Waals surface area contributed by atoms with E-state index in [1.807, 2.05) is 60.7 Å². The van der Waals surface area contributed by atoms with Crippen molar-refractivity contribution in [2.75, 3.05) is 6.54 Å². The third kappa shape index (κ3) is 4.38. The van der Waals surface area contributed by atoms with Crippen LogP contribution in [-0.2, 0) is 27.5 Å². The number of benzene rings is 2. The molecular formula is C19H20N2O5. The first-order chi connectivity index (χ1) is 12.6. The van der Waals surface area contributed by atoms with Crippen molar-refractivity contribution in [2.24, 2.45) is 0 Å². The van der Waals surface area contributed by atoms with Crippen LogP contribution in [0.15, 0.2) is 60.7 Å². The Hall–Kier alpha value is -2.90. The first kappa shape index (κ1) is 17.9. The van der Waals surface area contributed by atoms with E-state index in [-0.39, 0.29) is 19.8 Å². The van der Waals surface area contributed by atoms with Gasteiger partial charge in [-0.2, -0.15) is 0 Å². The second-order valence-corrected chi connectivity index (χ2v) is 5.83. The summed E-state index contributed by atoms with van der Waals surface area (Å²) in [7, 11) is 0. The molecule has 26 heavy (non-hydrogen) atoms. The summed E-state index contributed by atoms with van der Waals surface area (Å²) in [6.45, 7) is 0.259.